The maximum Gasteiger partial charge on any atom is 0.227 e. The molecule has 1 fully saturated rings. The Bertz CT molecular complexity index is 883. The van der Waals surface area contributed by atoms with Gasteiger partial charge in [-0.1, -0.05) is 18.2 Å². The van der Waals surface area contributed by atoms with Gasteiger partial charge in [0.25, 0.3) is 0 Å². The van der Waals surface area contributed by atoms with E-state index >= 15 is 0 Å². The summed E-state index contributed by atoms with van der Waals surface area (Å²) in [6, 6.07) is 14.9. The van der Waals surface area contributed by atoms with Crippen LogP contribution < -0.4 is 5.32 Å². The minimum absolute atomic E-state index is 0.0545. The van der Waals surface area contributed by atoms with E-state index in [1.807, 2.05) is 6.07 Å². The summed E-state index contributed by atoms with van der Waals surface area (Å²) in [5.41, 5.74) is 1.74. The lowest BCUT2D eigenvalue weighted by molar-refractivity contribution is -0.133. The molecule has 0 aliphatic carbocycles. The number of hydrogen-bond donors (Lipinski definition) is 1. The van der Waals surface area contributed by atoms with Gasteiger partial charge in [-0.2, -0.15) is 5.26 Å². The van der Waals surface area contributed by atoms with Crippen molar-refractivity contribution in [3.8, 4) is 6.07 Å². The van der Waals surface area contributed by atoms with Gasteiger partial charge < -0.3 is 10.2 Å². The van der Waals surface area contributed by atoms with E-state index in [0.717, 1.165) is 0 Å². The van der Waals surface area contributed by atoms with Gasteiger partial charge in [0, 0.05) is 24.7 Å². The van der Waals surface area contributed by atoms with Gasteiger partial charge in [0.15, 0.2) is 0 Å². The fourth-order valence-corrected chi connectivity index (χ4v) is 3.24. The SMILES string of the molecule is N#Cc1cccc(NC(=O)C2CCN(C(=O)Cc3cccc(F)c3)CC2)c1. The zero-order valence-corrected chi connectivity index (χ0v) is 14.8. The van der Waals surface area contributed by atoms with E-state index in [9.17, 15) is 14.0 Å². The summed E-state index contributed by atoms with van der Waals surface area (Å²) in [5, 5.41) is 11.8. The molecular formula is C21H20FN3O2. The van der Waals surface area contributed by atoms with Crippen molar-refractivity contribution in [2.24, 2.45) is 5.92 Å². The van der Waals surface area contributed by atoms with Gasteiger partial charge in [-0.15, -0.1) is 0 Å². The van der Waals surface area contributed by atoms with Crippen molar-refractivity contribution in [2.45, 2.75) is 19.3 Å². The summed E-state index contributed by atoms with van der Waals surface area (Å²) >= 11 is 0. The highest BCUT2D eigenvalue weighted by Gasteiger charge is 2.27. The molecule has 2 aromatic carbocycles. The van der Waals surface area contributed by atoms with Crippen molar-refractivity contribution in [3.63, 3.8) is 0 Å². The van der Waals surface area contributed by atoms with E-state index in [2.05, 4.69) is 5.32 Å². The third-order valence-electron chi connectivity index (χ3n) is 4.72. The van der Waals surface area contributed by atoms with Crippen LogP contribution in [0.1, 0.15) is 24.0 Å². The molecule has 1 saturated heterocycles. The van der Waals surface area contributed by atoms with E-state index in [1.54, 1.807) is 41.3 Å². The van der Waals surface area contributed by atoms with Crippen LogP contribution in [0.5, 0.6) is 0 Å². The van der Waals surface area contributed by atoms with E-state index in [-0.39, 0.29) is 30.0 Å². The van der Waals surface area contributed by atoms with Gasteiger partial charge in [-0.05, 0) is 48.7 Å². The fraction of sp³-hybridized carbons (Fsp3) is 0.286. The van der Waals surface area contributed by atoms with Crippen LogP contribution in [0, 0.1) is 23.1 Å². The van der Waals surface area contributed by atoms with Crippen molar-refractivity contribution in [1.82, 2.24) is 4.90 Å². The number of anilines is 1. The van der Waals surface area contributed by atoms with Gasteiger partial charge in [-0.25, -0.2) is 4.39 Å². The molecule has 0 spiro atoms. The van der Waals surface area contributed by atoms with Crippen LogP contribution in [0.3, 0.4) is 0 Å². The van der Waals surface area contributed by atoms with E-state index in [4.69, 9.17) is 5.26 Å². The molecule has 0 bridgehead atoms. The second-order valence-corrected chi connectivity index (χ2v) is 6.64. The largest absolute Gasteiger partial charge is 0.342 e. The topological polar surface area (TPSA) is 73.2 Å². The zero-order valence-electron chi connectivity index (χ0n) is 14.8. The Balaban J connectivity index is 1.51. The molecule has 3 rings (SSSR count). The van der Waals surface area contributed by atoms with Gasteiger partial charge in [-0.3, -0.25) is 9.59 Å². The number of carbonyl (C=O) groups is 2. The molecule has 2 aromatic rings. The number of piperidine rings is 1. The highest BCUT2D eigenvalue weighted by Crippen LogP contribution is 2.21. The Morgan fingerprint density at radius 3 is 2.59 bits per heavy atom. The number of benzene rings is 2. The van der Waals surface area contributed by atoms with Gasteiger partial charge in [0.05, 0.1) is 18.1 Å². The number of hydrogen-bond acceptors (Lipinski definition) is 3. The van der Waals surface area contributed by atoms with E-state index in [0.29, 0.717) is 42.7 Å². The van der Waals surface area contributed by atoms with Crippen molar-refractivity contribution in [1.29, 1.82) is 5.26 Å². The molecular weight excluding hydrogens is 345 g/mol. The molecule has 1 N–H and O–H groups in total. The Kier molecular flexibility index (Phi) is 5.82. The highest BCUT2D eigenvalue weighted by molar-refractivity contribution is 5.93. The number of amides is 2. The van der Waals surface area contributed by atoms with Gasteiger partial charge >= 0.3 is 0 Å². The number of nitrogens with one attached hydrogen (secondary N) is 1. The van der Waals surface area contributed by atoms with Crippen LogP contribution in [-0.4, -0.2) is 29.8 Å². The summed E-state index contributed by atoms with van der Waals surface area (Å²) in [4.78, 5) is 26.5. The highest BCUT2D eigenvalue weighted by atomic mass is 19.1. The normalized spacial score (nSPS) is 14.4. The zero-order chi connectivity index (χ0) is 19.2. The summed E-state index contributed by atoms with van der Waals surface area (Å²) < 4.78 is 13.2. The first-order valence-corrected chi connectivity index (χ1v) is 8.88. The number of halogens is 1. The maximum absolute atomic E-state index is 13.2. The molecule has 138 valence electrons. The smallest absolute Gasteiger partial charge is 0.227 e. The first-order chi connectivity index (χ1) is 13.0. The van der Waals surface area contributed by atoms with Crippen LogP contribution in [0.15, 0.2) is 48.5 Å². The predicted molar refractivity (Wildman–Crippen MR) is 99.2 cm³/mol. The molecule has 1 heterocycles. The Morgan fingerprint density at radius 1 is 1.15 bits per heavy atom. The lowest BCUT2D eigenvalue weighted by Gasteiger charge is -2.31. The van der Waals surface area contributed by atoms with Gasteiger partial charge in [0.1, 0.15) is 5.82 Å². The molecule has 5 nitrogen and oxygen atoms in total. The first kappa shape index (κ1) is 18.6. The van der Waals surface area contributed by atoms with Gasteiger partial charge in [0.2, 0.25) is 11.8 Å². The lowest BCUT2D eigenvalue weighted by atomic mass is 9.95. The van der Waals surface area contributed by atoms with Crippen molar-refractivity contribution in [3.05, 3.63) is 65.5 Å². The Hall–Kier alpha value is -3.20. The Morgan fingerprint density at radius 2 is 1.89 bits per heavy atom. The number of nitriles is 1. The molecule has 2 amide bonds. The standard InChI is InChI=1S/C21H20FN3O2/c22-18-5-1-3-15(11-18)13-20(26)25-9-7-17(8-10-25)21(27)24-19-6-2-4-16(12-19)14-23/h1-6,11-12,17H,7-10,13H2,(H,24,27). The first-order valence-electron chi connectivity index (χ1n) is 8.88. The third-order valence-corrected chi connectivity index (χ3v) is 4.72. The predicted octanol–water partition coefficient (Wildman–Crippen LogP) is 3.12. The second kappa shape index (κ2) is 8.45. The average Bonchev–Trinajstić information content (AvgIpc) is 2.68. The van der Waals surface area contributed by atoms with Crippen molar-refractivity contribution in [2.75, 3.05) is 18.4 Å². The second-order valence-electron chi connectivity index (χ2n) is 6.64. The summed E-state index contributed by atoms with van der Waals surface area (Å²) in [5.74, 6) is -0.673. The summed E-state index contributed by atoms with van der Waals surface area (Å²) in [6.45, 7) is 1.01. The van der Waals surface area contributed by atoms with Crippen molar-refractivity contribution >= 4 is 17.5 Å². The number of rotatable bonds is 4. The van der Waals surface area contributed by atoms with E-state index < -0.39 is 0 Å². The monoisotopic (exact) mass is 365 g/mol. The Labute approximate surface area is 157 Å². The van der Waals surface area contributed by atoms with E-state index in [1.165, 1.54) is 12.1 Å². The molecule has 0 radical (unpaired) electrons. The summed E-state index contributed by atoms with van der Waals surface area (Å²) in [6.07, 6.45) is 1.33. The maximum atomic E-state index is 13.2. The van der Waals surface area contributed by atoms with Crippen LogP contribution in [-0.2, 0) is 16.0 Å². The molecule has 1 aliphatic rings. The van der Waals surface area contributed by atoms with Crippen LogP contribution in [0.25, 0.3) is 0 Å². The number of carbonyl (C=O) groups excluding carboxylic acids is 2. The lowest BCUT2D eigenvalue weighted by Crippen LogP contribution is -2.42. The number of nitrogens with zero attached hydrogens (tertiary/aromatic N) is 2. The molecule has 6 heteroatoms. The van der Waals surface area contributed by atoms with Crippen LogP contribution >= 0.6 is 0 Å². The number of likely N-dealkylation sites (tertiary alicyclic amines) is 1. The quantitative estimate of drug-likeness (QED) is 0.905. The van der Waals surface area contributed by atoms with Crippen LogP contribution in [0.4, 0.5) is 10.1 Å². The fourth-order valence-electron chi connectivity index (χ4n) is 3.24. The molecule has 0 atom stereocenters. The molecule has 0 saturated carbocycles. The van der Waals surface area contributed by atoms with Crippen molar-refractivity contribution < 1.29 is 14.0 Å². The minimum atomic E-state index is -0.351. The average molecular weight is 365 g/mol. The van der Waals surface area contributed by atoms with Crippen LogP contribution in [0.2, 0.25) is 0 Å². The minimum Gasteiger partial charge on any atom is -0.342 e. The molecule has 0 aromatic heterocycles. The third kappa shape index (κ3) is 4.91. The summed E-state index contributed by atoms with van der Waals surface area (Å²) in [7, 11) is 0. The molecule has 1 aliphatic heterocycles. The molecule has 27 heavy (non-hydrogen) atoms. The molecule has 0 unspecified atom stereocenters.